The number of carbonyl (C=O) groups excluding carboxylic acids is 1. The molecule has 4 atom stereocenters. The van der Waals surface area contributed by atoms with Crippen LogP contribution >= 0.6 is 0 Å². The zero-order chi connectivity index (χ0) is 19.6. The molecule has 0 aromatic carbocycles. The van der Waals surface area contributed by atoms with E-state index in [4.69, 9.17) is 13.9 Å². The van der Waals surface area contributed by atoms with E-state index in [2.05, 4.69) is 41.5 Å². The Hall–Kier alpha value is -0.493. The second kappa shape index (κ2) is 8.25. The van der Waals surface area contributed by atoms with Crippen molar-refractivity contribution in [3.8, 4) is 0 Å². The SMILES string of the molecule is CC[Si](CC)(CC)OC[C@H]1C(C)=CC(=O)[C@@]2(C)[C@@H](OCOC)CC[C@@]12C. The minimum absolute atomic E-state index is 0.0858. The Morgan fingerprint density at radius 1 is 1.19 bits per heavy atom. The molecule has 0 unspecified atom stereocenters. The first kappa shape index (κ1) is 21.8. The van der Waals surface area contributed by atoms with Crippen LogP contribution in [0.25, 0.3) is 0 Å². The van der Waals surface area contributed by atoms with E-state index in [1.807, 2.05) is 6.08 Å². The summed E-state index contributed by atoms with van der Waals surface area (Å²) >= 11 is 0. The molecule has 1 fully saturated rings. The van der Waals surface area contributed by atoms with Crippen LogP contribution in [0.3, 0.4) is 0 Å². The van der Waals surface area contributed by atoms with E-state index in [1.165, 1.54) is 5.57 Å². The highest BCUT2D eigenvalue weighted by Crippen LogP contribution is 2.62. The monoisotopic (exact) mass is 382 g/mol. The summed E-state index contributed by atoms with van der Waals surface area (Å²) in [6.07, 6.45) is 3.66. The van der Waals surface area contributed by atoms with Crippen LogP contribution in [0.1, 0.15) is 54.4 Å². The lowest BCUT2D eigenvalue weighted by Crippen LogP contribution is -2.54. The van der Waals surface area contributed by atoms with Crippen molar-refractivity contribution >= 4 is 14.1 Å². The van der Waals surface area contributed by atoms with Gasteiger partial charge < -0.3 is 13.9 Å². The molecule has 150 valence electrons. The molecule has 0 aliphatic heterocycles. The molecule has 2 aliphatic carbocycles. The van der Waals surface area contributed by atoms with Crippen molar-refractivity contribution < 1.29 is 18.7 Å². The molecule has 2 rings (SSSR count). The van der Waals surface area contributed by atoms with Crippen molar-refractivity contribution in [2.24, 2.45) is 16.7 Å². The van der Waals surface area contributed by atoms with Gasteiger partial charge in [0.05, 0.1) is 11.5 Å². The van der Waals surface area contributed by atoms with Crippen LogP contribution in [0.15, 0.2) is 11.6 Å². The lowest BCUT2D eigenvalue weighted by molar-refractivity contribution is -0.156. The van der Waals surface area contributed by atoms with Crippen LogP contribution in [-0.2, 0) is 18.7 Å². The minimum Gasteiger partial charge on any atom is -0.416 e. The average molecular weight is 383 g/mol. The third kappa shape index (κ3) is 3.36. The molecule has 0 spiro atoms. The summed E-state index contributed by atoms with van der Waals surface area (Å²) < 4.78 is 17.7. The maximum Gasteiger partial charge on any atom is 0.192 e. The Morgan fingerprint density at radius 2 is 1.81 bits per heavy atom. The van der Waals surface area contributed by atoms with Gasteiger partial charge in [-0.25, -0.2) is 0 Å². The van der Waals surface area contributed by atoms with Gasteiger partial charge in [-0.15, -0.1) is 0 Å². The van der Waals surface area contributed by atoms with Crippen LogP contribution in [-0.4, -0.2) is 40.7 Å². The number of rotatable bonds is 9. The predicted molar refractivity (Wildman–Crippen MR) is 108 cm³/mol. The minimum atomic E-state index is -1.65. The van der Waals surface area contributed by atoms with E-state index in [9.17, 15) is 4.79 Å². The van der Waals surface area contributed by atoms with Gasteiger partial charge >= 0.3 is 0 Å². The lowest BCUT2D eigenvalue weighted by atomic mass is 9.54. The van der Waals surface area contributed by atoms with Gasteiger partial charge in [0, 0.05) is 19.6 Å². The number of ether oxygens (including phenoxy) is 2. The highest BCUT2D eigenvalue weighted by molar-refractivity contribution is 6.73. The van der Waals surface area contributed by atoms with Gasteiger partial charge in [0.15, 0.2) is 14.1 Å². The maximum atomic E-state index is 13.1. The molecule has 0 bridgehead atoms. The molecule has 5 heteroatoms. The van der Waals surface area contributed by atoms with E-state index in [0.29, 0.717) is 0 Å². The number of fused-ring (bicyclic) bond motifs is 1. The van der Waals surface area contributed by atoms with Gasteiger partial charge in [0.2, 0.25) is 0 Å². The quantitative estimate of drug-likeness (QED) is 0.418. The summed E-state index contributed by atoms with van der Waals surface area (Å²) in [5.41, 5.74) is 0.540. The summed E-state index contributed by atoms with van der Waals surface area (Å²) in [5.74, 6) is 0.482. The van der Waals surface area contributed by atoms with Crippen LogP contribution in [0.4, 0.5) is 0 Å². The van der Waals surface area contributed by atoms with Gasteiger partial charge in [-0.3, -0.25) is 4.79 Å². The lowest BCUT2D eigenvalue weighted by Gasteiger charge is -2.51. The second-order valence-corrected chi connectivity index (χ2v) is 13.4. The van der Waals surface area contributed by atoms with Crippen molar-refractivity contribution in [3.63, 3.8) is 0 Å². The first-order valence-electron chi connectivity index (χ1n) is 10.2. The highest BCUT2D eigenvalue weighted by atomic mass is 28.4. The molecule has 2 aliphatic rings. The van der Waals surface area contributed by atoms with Crippen LogP contribution in [0.5, 0.6) is 0 Å². The van der Waals surface area contributed by atoms with Gasteiger partial charge in [-0.2, -0.15) is 0 Å². The zero-order valence-electron chi connectivity index (χ0n) is 17.8. The molecule has 0 heterocycles. The van der Waals surface area contributed by atoms with Crippen LogP contribution < -0.4 is 0 Å². The molecular formula is C21H38O4Si. The normalized spacial score (nSPS) is 34.7. The number of carbonyl (C=O) groups is 1. The summed E-state index contributed by atoms with van der Waals surface area (Å²) in [6.45, 7) is 14.3. The Morgan fingerprint density at radius 3 is 2.35 bits per heavy atom. The number of allylic oxidation sites excluding steroid dienone is 1. The number of methoxy groups -OCH3 is 1. The second-order valence-electron chi connectivity index (χ2n) is 8.58. The third-order valence-electron chi connectivity index (χ3n) is 7.82. The van der Waals surface area contributed by atoms with Gasteiger partial charge in [-0.05, 0) is 56.3 Å². The molecule has 0 saturated heterocycles. The molecule has 1 saturated carbocycles. The Kier molecular flexibility index (Phi) is 6.92. The topological polar surface area (TPSA) is 44.8 Å². The molecule has 0 amide bonds. The standard InChI is InChI=1S/C21H38O4Si/c1-8-26(9-2,10-3)25-14-17-16(4)13-18(22)21(6)19(24-15-23-7)11-12-20(17,21)5/h13,17,19H,8-12,14-15H2,1-7H3/t17-,19-,20-,21-/m0/s1. The molecule has 0 aromatic heterocycles. The highest BCUT2D eigenvalue weighted by Gasteiger charge is 2.64. The fourth-order valence-corrected chi connectivity index (χ4v) is 7.95. The van der Waals surface area contributed by atoms with E-state index in [0.717, 1.165) is 37.6 Å². The number of hydrogen-bond donors (Lipinski definition) is 0. The summed E-state index contributed by atoms with van der Waals surface area (Å²) in [5, 5.41) is 0. The molecule has 4 nitrogen and oxygen atoms in total. The van der Waals surface area contributed by atoms with E-state index < -0.39 is 13.7 Å². The Labute approximate surface area is 160 Å². The fraction of sp³-hybridized carbons (Fsp3) is 0.857. The first-order chi connectivity index (χ1) is 12.2. The number of ketones is 1. The van der Waals surface area contributed by atoms with E-state index >= 15 is 0 Å². The van der Waals surface area contributed by atoms with Gasteiger partial charge in [0.25, 0.3) is 0 Å². The van der Waals surface area contributed by atoms with Crippen molar-refractivity contribution in [1.29, 1.82) is 0 Å². The summed E-state index contributed by atoms with van der Waals surface area (Å²) in [4.78, 5) is 13.1. The van der Waals surface area contributed by atoms with Crippen LogP contribution in [0.2, 0.25) is 18.1 Å². The average Bonchev–Trinajstić information content (AvgIpc) is 2.90. The zero-order valence-corrected chi connectivity index (χ0v) is 18.8. The molecule has 0 aromatic rings. The molecule has 0 radical (unpaired) electrons. The smallest absolute Gasteiger partial charge is 0.192 e. The first-order valence-corrected chi connectivity index (χ1v) is 12.7. The van der Waals surface area contributed by atoms with Crippen LogP contribution in [0, 0.1) is 16.7 Å². The molecule has 26 heavy (non-hydrogen) atoms. The summed E-state index contributed by atoms with van der Waals surface area (Å²) in [6, 6.07) is 3.46. The van der Waals surface area contributed by atoms with Crippen molar-refractivity contribution in [2.75, 3.05) is 20.5 Å². The predicted octanol–water partition coefficient (Wildman–Crippen LogP) is 4.95. The van der Waals surface area contributed by atoms with Crippen molar-refractivity contribution in [2.45, 2.75) is 78.6 Å². The van der Waals surface area contributed by atoms with Gasteiger partial charge in [-0.1, -0.05) is 33.3 Å². The van der Waals surface area contributed by atoms with Gasteiger partial charge in [0.1, 0.15) is 6.79 Å². The third-order valence-corrected chi connectivity index (χ3v) is 12.5. The Bertz CT molecular complexity index is 534. The van der Waals surface area contributed by atoms with Crippen molar-refractivity contribution in [1.82, 2.24) is 0 Å². The fourth-order valence-electron chi connectivity index (χ4n) is 5.31. The van der Waals surface area contributed by atoms with Crippen molar-refractivity contribution in [3.05, 3.63) is 11.6 Å². The maximum absolute atomic E-state index is 13.1. The Balaban J connectivity index is 2.30. The van der Waals surface area contributed by atoms with E-state index in [-0.39, 0.29) is 30.0 Å². The number of hydrogen-bond acceptors (Lipinski definition) is 4. The summed E-state index contributed by atoms with van der Waals surface area (Å²) in [7, 11) is -0.0213. The largest absolute Gasteiger partial charge is 0.416 e. The molecule has 0 N–H and O–H groups in total. The van der Waals surface area contributed by atoms with E-state index in [1.54, 1.807) is 7.11 Å². The molecular weight excluding hydrogens is 344 g/mol.